The van der Waals surface area contributed by atoms with E-state index < -0.39 is 11.8 Å². The number of nitrogens with zero attached hydrogens (tertiary/aromatic N) is 1. The molecule has 1 rings (SSSR count). The number of carbonyl (C=O) groups is 2. The van der Waals surface area contributed by atoms with Crippen LogP contribution in [0.2, 0.25) is 0 Å². The molecule has 1 aromatic carbocycles. The first kappa shape index (κ1) is 17.4. The Morgan fingerprint density at radius 2 is 2.14 bits per heavy atom. The minimum atomic E-state index is -0.879. The molecule has 0 saturated carbocycles. The van der Waals surface area contributed by atoms with Crippen molar-refractivity contribution in [1.82, 2.24) is 10.7 Å². The quantitative estimate of drug-likeness (QED) is 0.284. The van der Waals surface area contributed by atoms with Gasteiger partial charge in [0.25, 0.3) is 0 Å². The number of phenols is 1. The van der Waals surface area contributed by atoms with Gasteiger partial charge in [0, 0.05) is 13.7 Å². The van der Waals surface area contributed by atoms with Crippen molar-refractivity contribution in [3.8, 4) is 11.5 Å². The molecule has 2 amide bonds. The van der Waals surface area contributed by atoms with Crippen molar-refractivity contribution >= 4 is 18.0 Å². The fourth-order valence-electron chi connectivity index (χ4n) is 1.45. The van der Waals surface area contributed by atoms with Crippen LogP contribution in [0.5, 0.6) is 11.5 Å². The van der Waals surface area contributed by atoms with E-state index in [0.717, 1.165) is 0 Å². The molecule has 120 valence electrons. The van der Waals surface area contributed by atoms with E-state index in [1.807, 2.05) is 0 Å². The summed E-state index contributed by atoms with van der Waals surface area (Å²) in [6, 6.07) is 4.60. The molecule has 0 saturated heterocycles. The van der Waals surface area contributed by atoms with Gasteiger partial charge in [0.1, 0.15) is 0 Å². The van der Waals surface area contributed by atoms with Gasteiger partial charge in [-0.05, 0) is 30.7 Å². The number of methoxy groups -OCH3 is 1. The number of aromatic hydroxyl groups is 1. The van der Waals surface area contributed by atoms with Gasteiger partial charge >= 0.3 is 11.8 Å². The molecule has 0 aliphatic heterocycles. The van der Waals surface area contributed by atoms with E-state index in [2.05, 4.69) is 15.8 Å². The first-order valence-electron chi connectivity index (χ1n) is 6.64. The van der Waals surface area contributed by atoms with Crippen LogP contribution < -0.4 is 15.5 Å². The number of nitrogens with one attached hydrogen (secondary N) is 2. The lowest BCUT2D eigenvalue weighted by Gasteiger charge is -2.06. The fourth-order valence-corrected chi connectivity index (χ4v) is 1.45. The summed E-state index contributed by atoms with van der Waals surface area (Å²) in [6.45, 7) is 2.76. The monoisotopic (exact) mass is 309 g/mol. The molecule has 8 heteroatoms. The van der Waals surface area contributed by atoms with Crippen LogP contribution in [-0.4, -0.2) is 50.0 Å². The zero-order chi connectivity index (χ0) is 16.4. The van der Waals surface area contributed by atoms with Crippen molar-refractivity contribution < 1.29 is 24.2 Å². The van der Waals surface area contributed by atoms with E-state index in [1.165, 1.54) is 19.4 Å². The number of ether oxygens (including phenoxy) is 2. The van der Waals surface area contributed by atoms with E-state index in [-0.39, 0.29) is 12.3 Å². The smallest absolute Gasteiger partial charge is 0.329 e. The van der Waals surface area contributed by atoms with Crippen molar-refractivity contribution in [3.05, 3.63) is 23.8 Å². The molecule has 0 aromatic heterocycles. The van der Waals surface area contributed by atoms with Crippen molar-refractivity contribution in [1.29, 1.82) is 0 Å². The van der Waals surface area contributed by atoms with Crippen LogP contribution in [0.15, 0.2) is 23.3 Å². The van der Waals surface area contributed by atoms with Gasteiger partial charge in [0.15, 0.2) is 11.5 Å². The SMILES string of the molecule is CCOc1cc(C=NNC(=O)C(=O)NCCOC)ccc1O. The van der Waals surface area contributed by atoms with Crippen LogP contribution in [0.4, 0.5) is 0 Å². The van der Waals surface area contributed by atoms with Crippen LogP contribution >= 0.6 is 0 Å². The van der Waals surface area contributed by atoms with Gasteiger partial charge in [-0.3, -0.25) is 9.59 Å². The first-order chi connectivity index (χ1) is 10.6. The van der Waals surface area contributed by atoms with Crippen LogP contribution in [0.25, 0.3) is 0 Å². The topological polar surface area (TPSA) is 109 Å². The maximum absolute atomic E-state index is 11.4. The summed E-state index contributed by atoms with van der Waals surface area (Å²) < 4.78 is 9.97. The van der Waals surface area contributed by atoms with E-state index in [1.54, 1.807) is 19.1 Å². The molecule has 0 aliphatic rings. The Balaban J connectivity index is 2.53. The standard InChI is InChI=1S/C14H19N3O5/c1-3-22-12-8-10(4-5-11(12)18)9-16-17-14(20)13(19)15-6-7-21-2/h4-5,8-9,18H,3,6-7H2,1-2H3,(H,15,19)(H,17,20). The largest absolute Gasteiger partial charge is 0.504 e. The molecule has 1 aromatic rings. The minimum Gasteiger partial charge on any atom is -0.504 e. The number of hydrogen-bond donors (Lipinski definition) is 3. The zero-order valence-corrected chi connectivity index (χ0v) is 12.5. The first-order valence-corrected chi connectivity index (χ1v) is 6.64. The number of rotatable bonds is 7. The van der Waals surface area contributed by atoms with Crippen molar-refractivity contribution in [2.45, 2.75) is 6.92 Å². The number of hydrogen-bond acceptors (Lipinski definition) is 6. The fraction of sp³-hybridized carbons (Fsp3) is 0.357. The van der Waals surface area contributed by atoms with E-state index >= 15 is 0 Å². The molecule has 22 heavy (non-hydrogen) atoms. The molecule has 0 heterocycles. The predicted molar refractivity (Wildman–Crippen MR) is 79.9 cm³/mol. The van der Waals surface area contributed by atoms with Gasteiger partial charge in [-0.2, -0.15) is 5.10 Å². The molecule has 0 spiro atoms. The van der Waals surface area contributed by atoms with E-state index in [9.17, 15) is 14.7 Å². The highest BCUT2D eigenvalue weighted by atomic mass is 16.5. The Hall–Kier alpha value is -2.61. The lowest BCUT2D eigenvalue weighted by atomic mass is 10.2. The molecule has 3 N–H and O–H groups in total. The van der Waals surface area contributed by atoms with E-state index in [4.69, 9.17) is 9.47 Å². The summed E-state index contributed by atoms with van der Waals surface area (Å²) >= 11 is 0. The van der Waals surface area contributed by atoms with Gasteiger partial charge in [-0.1, -0.05) is 0 Å². The molecule has 0 radical (unpaired) electrons. The normalized spacial score (nSPS) is 10.5. The Labute approximate surface area is 128 Å². The second-order valence-electron chi connectivity index (χ2n) is 4.11. The summed E-state index contributed by atoms with van der Waals surface area (Å²) in [6.07, 6.45) is 1.34. The Morgan fingerprint density at radius 3 is 2.82 bits per heavy atom. The maximum atomic E-state index is 11.4. The summed E-state index contributed by atoms with van der Waals surface area (Å²) in [4.78, 5) is 22.7. The summed E-state index contributed by atoms with van der Waals surface area (Å²) in [5, 5.41) is 15.6. The third kappa shape index (κ3) is 5.80. The third-order valence-corrected chi connectivity index (χ3v) is 2.46. The highest BCUT2D eigenvalue weighted by molar-refractivity contribution is 6.35. The van der Waals surface area contributed by atoms with Crippen LogP contribution in [-0.2, 0) is 14.3 Å². The predicted octanol–water partition coefficient (Wildman–Crippen LogP) is 0.00360. The highest BCUT2D eigenvalue weighted by Crippen LogP contribution is 2.25. The number of phenolic OH excluding ortho intramolecular Hbond substituents is 1. The van der Waals surface area contributed by atoms with Gasteiger partial charge < -0.3 is 19.9 Å². The highest BCUT2D eigenvalue weighted by Gasteiger charge is 2.11. The molecular weight excluding hydrogens is 290 g/mol. The summed E-state index contributed by atoms with van der Waals surface area (Å²) in [5.41, 5.74) is 2.70. The van der Waals surface area contributed by atoms with Gasteiger partial charge in [-0.15, -0.1) is 0 Å². The second-order valence-corrected chi connectivity index (χ2v) is 4.11. The minimum absolute atomic E-state index is 0.0144. The average Bonchev–Trinajstić information content (AvgIpc) is 2.50. The van der Waals surface area contributed by atoms with Gasteiger partial charge in [-0.25, -0.2) is 5.43 Å². The molecule has 0 bridgehead atoms. The molecule has 8 nitrogen and oxygen atoms in total. The van der Waals surface area contributed by atoms with Gasteiger partial charge in [0.2, 0.25) is 0 Å². The molecule has 0 aliphatic carbocycles. The van der Waals surface area contributed by atoms with E-state index in [0.29, 0.717) is 24.5 Å². The lowest BCUT2D eigenvalue weighted by molar-refractivity contribution is -0.139. The third-order valence-electron chi connectivity index (χ3n) is 2.46. The van der Waals surface area contributed by atoms with Crippen LogP contribution in [0.1, 0.15) is 12.5 Å². The Kier molecular flexibility index (Phi) is 7.41. The average molecular weight is 309 g/mol. The molecule has 0 fully saturated rings. The Bertz CT molecular complexity index is 545. The zero-order valence-electron chi connectivity index (χ0n) is 12.5. The summed E-state index contributed by atoms with van der Waals surface area (Å²) in [7, 11) is 1.49. The number of benzene rings is 1. The molecule has 0 unspecified atom stereocenters. The number of amides is 2. The number of carbonyl (C=O) groups excluding carboxylic acids is 2. The molecule has 0 atom stereocenters. The van der Waals surface area contributed by atoms with Crippen molar-refractivity contribution in [3.63, 3.8) is 0 Å². The summed E-state index contributed by atoms with van der Waals surface area (Å²) in [5.74, 6) is -1.35. The molecular formula is C14H19N3O5. The lowest BCUT2D eigenvalue weighted by Crippen LogP contribution is -2.39. The van der Waals surface area contributed by atoms with Crippen molar-refractivity contribution in [2.75, 3.05) is 26.9 Å². The van der Waals surface area contributed by atoms with Gasteiger partial charge in [0.05, 0.1) is 19.4 Å². The van der Waals surface area contributed by atoms with Crippen molar-refractivity contribution in [2.24, 2.45) is 5.10 Å². The van der Waals surface area contributed by atoms with Crippen LogP contribution in [0.3, 0.4) is 0 Å². The Morgan fingerprint density at radius 1 is 1.36 bits per heavy atom. The second kappa shape index (κ2) is 9.35. The maximum Gasteiger partial charge on any atom is 0.329 e. The number of hydrazone groups is 1. The van der Waals surface area contributed by atoms with Crippen LogP contribution in [0, 0.1) is 0 Å².